The van der Waals surface area contributed by atoms with Crippen LogP contribution in [0, 0.1) is 0 Å². The topological polar surface area (TPSA) is 144 Å². The summed E-state index contributed by atoms with van der Waals surface area (Å²) in [5, 5.41) is 36.0. The number of rotatable bonds is 7. The van der Waals surface area contributed by atoms with Gasteiger partial charge in [-0.05, 0) is 0 Å². The number of carboxylic acid groups (broad SMARTS) is 3. The summed E-state index contributed by atoms with van der Waals surface area (Å²) in [6.45, 7) is -0.528. The van der Waals surface area contributed by atoms with E-state index in [2.05, 4.69) is 5.32 Å². The van der Waals surface area contributed by atoms with Crippen LogP contribution >= 0.6 is 0 Å². The van der Waals surface area contributed by atoms with E-state index in [1.54, 1.807) is 0 Å². The van der Waals surface area contributed by atoms with Crippen molar-refractivity contribution in [3.05, 3.63) is 0 Å². The van der Waals surface area contributed by atoms with Gasteiger partial charge in [-0.25, -0.2) is 4.79 Å². The number of carboxylic acids is 3. The minimum absolute atomic E-state index is 0.528. The molecule has 0 aromatic rings. The summed E-state index contributed by atoms with van der Waals surface area (Å²) in [5.41, 5.74) is 0. The average Bonchev–Trinajstić information content (AvgIpc) is 2.10. The molecule has 0 amide bonds. The van der Waals surface area contributed by atoms with E-state index in [4.69, 9.17) is 20.4 Å². The highest BCUT2D eigenvalue weighted by atomic mass is 16.4. The molecule has 0 saturated carbocycles. The van der Waals surface area contributed by atoms with Gasteiger partial charge in [0.15, 0.2) is 6.10 Å². The molecule has 0 aromatic carbocycles. The first kappa shape index (κ1) is 13.3. The van der Waals surface area contributed by atoms with Crippen LogP contribution in [0.4, 0.5) is 0 Å². The number of aliphatic hydroxyl groups excluding tert-OH is 1. The van der Waals surface area contributed by atoms with Crippen LogP contribution in [0.3, 0.4) is 0 Å². The minimum Gasteiger partial charge on any atom is -0.481 e. The van der Waals surface area contributed by atoms with Gasteiger partial charge in [0.05, 0.1) is 6.42 Å². The van der Waals surface area contributed by atoms with E-state index in [1.165, 1.54) is 0 Å². The van der Waals surface area contributed by atoms with Gasteiger partial charge in [-0.1, -0.05) is 0 Å². The predicted octanol–water partition coefficient (Wildman–Crippen LogP) is -2.05. The summed E-state index contributed by atoms with van der Waals surface area (Å²) in [6.07, 6.45) is -2.46. The molecule has 8 nitrogen and oxygen atoms in total. The van der Waals surface area contributed by atoms with Gasteiger partial charge in [0, 0.05) is 6.54 Å². The second kappa shape index (κ2) is 5.94. The van der Waals surface area contributed by atoms with Crippen LogP contribution in [0.15, 0.2) is 0 Å². The van der Waals surface area contributed by atoms with Gasteiger partial charge >= 0.3 is 17.9 Å². The molecule has 0 heterocycles. The first-order valence-corrected chi connectivity index (χ1v) is 3.93. The molecule has 0 radical (unpaired) electrons. The third-order valence-electron chi connectivity index (χ3n) is 1.52. The van der Waals surface area contributed by atoms with Gasteiger partial charge in [0.1, 0.15) is 6.04 Å². The van der Waals surface area contributed by atoms with Crippen molar-refractivity contribution in [2.24, 2.45) is 0 Å². The van der Waals surface area contributed by atoms with E-state index in [-0.39, 0.29) is 0 Å². The lowest BCUT2D eigenvalue weighted by atomic mass is 10.2. The second-order valence-corrected chi connectivity index (χ2v) is 2.75. The summed E-state index contributed by atoms with van der Waals surface area (Å²) < 4.78 is 0. The molecule has 0 aromatic heterocycles. The molecule has 1 unspecified atom stereocenters. The zero-order valence-corrected chi connectivity index (χ0v) is 7.58. The standard InChI is InChI=1S/C7H11NO7/c9-4(7(14)15)2-8-3(6(12)13)1-5(10)11/h3-4,8-9H,1-2H2,(H,10,11)(H,12,13)(H,14,15)/t3-,4?/m0/s1. The fraction of sp³-hybridized carbons (Fsp3) is 0.571. The minimum atomic E-state index is -1.76. The zero-order valence-electron chi connectivity index (χ0n) is 7.58. The molecule has 0 bridgehead atoms. The third-order valence-corrected chi connectivity index (χ3v) is 1.52. The van der Waals surface area contributed by atoms with Crippen LogP contribution in [-0.4, -0.2) is 57.0 Å². The number of hydrogen-bond donors (Lipinski definition) is 5. The van der Waals surface area contributed by atoms with Crippen molar-refractivity contribution in [2.45, 2.75) is 18.6 Å². The maximum Gasteiger partial charge on any atom is 0.333 e. The lowest BCUT2D eigenvalue weighted by molar-refractivity contribution is -0.148. The van der Waals surface area contributed by atoms with E-state index in [0.29, 0.717) is 0 Å². The maximum atomic E-state index is 10.5. The Morgan fingerprint density at radius 3 is 1.93 bits per heavy atom. The van der Waals surface area contributed by atoms with Gasteiger partial charge in [0.25, 0.3) is 0 Å². The van der Waals surface area contributed by atoms with Crippen LogP contribution in [0.2, 0.25) is 0 Å². The fourth-order valence-corrected chi connectivity index (χ4v) is 0.763. The Kier molecular flexibility index (Phi) is 5.27. The molecular weight excluding hydrogens is 210 g/mol. The van der Waals surface area contributed by atoms with Crippen LogP contribution in [0.5, 0.6) is 0 Å². The smallest absolute Gasteiger partial charge is 0.333 e. The predicted molar refractivity (Wildman–Crippen MR) is 45.3 cm³/mol. The Bertz CT molecular complexity index is 264. The van der Waals surface area contributed by atoms with Crippen LogP contribution in [0.25, 0.3) is 0 Å². The average molecular weight is 221 g/mol. The van der Waals surface area contributed by atoms with Gasteiger partial charge < -0.3 is 25.7 Å². The highest BCUT2D eigenvalue weighted by molar-refractivity contribution is 5.80. The van der Waals surface area contributed by atoms with E-state index >= 15 is 0 Å². The molecule has 0 fully saturated rings. The van der Waals surface area contributed by atoms with Crippen molar-refractivity contribution in [1.82, 2.24) is 5.32 Å². The van der Waals surface area contributed by atoms with E-state index in [1.807, 2.05) is 0 Å². The van der Waals surface area contributed by atoms with Crippen LogP contribution in [-0.2, 0) is 14.4 Å². The Balaban J connectivity index is 4.13. The van der Waals surface area contributed by atoms with Gasteiger partial charge in [-0.3, -0.25) is 9.59 Å². The van der Waals surface area contributed by atoms with Crippen LogP contribution in [0.1, 0.15) is 6.42 Å². The van der Waals surface area contributed by atoms with Gasteiger partial charge in [-0.2, -0.15) is 0 Å². The summed E-state index contributed by atoms with van der Waals surface area (Å²) in [4.78, 5) is 30.8. The summed E-state index contributed by atoms with van der Waals surface area (Å²) in [5.74, 6) is -4.27. The molecule has 0 saturated heterocycles. The van der Waals surface area contributed by atoms with E-state index in [0.717, 1.165) is 0 Å². The number of nitrogens with one attached hydrogen (secondary N) is 1. The zero-order chi connectivity index (χ0) is 12.0. The largest absolute Gasteiger partial charge is 0.481 e. The summed E-state index contributed by atoms with van der Waals surface area (Å²) >= 11 is 0. The molecule has 0 spiro atoms. The quantitative estimate of drug-likeness (QED) is 0.330. The van der Waals surface area contributed by atoms with Crippen LogP contribution < -0.4 is 5.32 Å². The highest BCUT2D eigenvalue weighted by Crippen LogP contribution is 1.93. The SMILES string of the molecule is O=C(O)C[C@H](NCC(O)C(=O)O)C(=O)O. The Hall–Kier alpha value is -1.67. The van der Waals surface area contributed by atoms with Crippen molar-refractivity contribution in [2.75, 3.05) is 6.54 Å². The fourth-order valence-electron chi connectivity index (χ4n) is 0.763. The maximum absolute atomic E-state index is 10.5. The van der Waals surface area contributed by atoms with Crippen molar-refractivity contribution in [3.63, 3.8) is 0 Å². The lowest BCUT2D eigenvalue weighted by Crippen LogP contribution is -2.44. The third kappa shape index (κ3) is 5.60. The summed E-state index contributed by atoms with van der Waals surface area (Å²) in [6, 6.07) is -1.42. The number of carbonyl (C=O) groups is 3. The Morgan fingerprint density at radius 2 is 1.60 bits per heavy atom. The Labute approximate surface area is 84.1 Å². The van der Waals surface area contributed by atoms with E-state index in [9.17, 15) is 14.4 Å². The lowest BCUT2D eigenvalue weighted by Gasteiger charge is -2.13. The molecule has 0 aliphatic carbocycles. The molecule has 2 atom stereocenters. The monoisotopic (exact) mass is 221 g/mol. The number of hydrogen-bond acceptors (Lipinski definition) is 5. The van der Waals surface area contributed by atoms with Gasteiger partial charge in [0.2, 0.25) is 0 Å². The molecule has 8 heteroatoms. The molecule has 86 valence electrons. The van der Waals surface area contributed by atoms with Crippen molar-refractivity contribution in [1.29, 1.82) is 0 Å². The van der Waals surface area contributed by atoms with Crippen molar-refractivity contribution < 1.29 is 34.8 Å². The molecular formula is C7H11NO7. The number of aliphatic carboxylic acids is 3. The highest BCUT2D eigenvalue weighted by Gasteiger charge is 2.22. The number of aliphatic hydroxyl groups is 1. The molecule has 5 N–H and O–H groups in total. The second-order valence-electron chi connectivity index (χ2n) is 2.75. The van der Waals surface area contributed by atoms with Crippen molar-refractivity contribution >= 4 is 17.9 Å². The molecule has 15 heavy (non-hydrogen) atoms. The molecule has 0 rings (SSSR count). The summed E-state index contributed by atoms with van der Waals surface area (Å²) in [7, 11) is 0. The van der Waals surface area contributed by atoms with Gasteiger partial charge in [-0.15, -0.1) is 0 Å². The first-order chi connectivity index (χ1) is 6.84. The van der Waals surface area contributed by atoms with E-state index < -0.39 is 43.0 Å². The normalized spacial score (nSPS) is 14.2. The van der Waals surface area contributed by atoms with Crippen molar-refractivity contribution in [3.8, 4) is 0 Å². The molecule has 0 aliphatic rings. The molecule has 0 aliphatic heterocycles. The first-order valence-electron chi connectivity index (χ1n) is 3.93. The Morgan fingerprint density at radius 1 is 1.07 bits per heavy atom.